The van der Waals surface area contributed by atoms with Crippen LogP contribution in [0.5, 0.6) is 0 Å². The van der Waals surface area contributed by atoms with E-state index in [0.29, 0.717) is 5.82 Å². The van der Waals surface area contributed by atoms with Gasteiger partial charge in [0.1, 0.15) is 11.6 Å². The maximum atomic E-state index is 12.5. The number of piperidine rings is 1. The highest BCUT2D eigenvalue weighted by atomic mass is 16.1. The van der Waals surface area contributed by atoms with Gasteiger partial charge in [0.25, 0.3) is 0 Å². The molecule has 1 saturated heterocycles. The number of nitrogens with one attached hydrogen (secondary N) is 3. The molecule has 0 unspecified atom stereocenters. The summed E-state index contributed by atoms with van der Waals surface area (Å²) in [6, 6.07) is 4.12. The molecule has 1 aliphatic heterocycles. The highest BCUT2D eigenvalue weighted by Gasteiger charge is 2.21. The van der Waals surface area contributed by atoms with Crippen molar-refractivity contribution in [2.24, 2.45) is 5.92 Å². The van der Waals surface area contributed by atoms with Crippen molar-refractivity contribution in [1.29, 1.82) is 0 Å². The lowest BCUT2D eigenvalue weighted by Crippen LogP contribution is -2.34. The molecular weight excluding hydrogens is 366 g/mol. The summed E-state index contributed by atoms with van der Waals surface area (Å²) in [4.78, 5) is 30.2. The van der Waals surface area contributed by atoms with Gasteiger partial charge in [-0.05, 0) is 51.9 Å². The zero-order valence-corrected chi connectivity index (χ0v) is 16.6. The minimum absolute atomic E-state index is 0.0285. The lowest BCUT2D eigenvalue weighted by molar-refractivity contribution is -0.120. The Morgan fingerprint density at radius 2 is 1.90 bits per heavy atom. The zero-order chi connectivity index (χ0) is 20.2. The number of amides is 1. The number of anilines is 2. The molecule has 0 spiro atoms. The summed E-state index contributed by atoms with van der Waals surface area (Å²) in [7, 11) is 0. The van der Waals surface area contributed by atoms with Crippen LogP contribution in [0, 0.1) is 5.92 Å². The Morgan fingerprint density at radius 1 is 1.07 bits per heavy atom. The van der Waals surface area contributed by atoms with E-state index in [1.807, 2.05) is 12.1 Å². The lowest BCUT2D eigenvalue weighted by Gasteiger charge is -2.21. The maximum absolute atomic E-state index is 12.5. The average Bonchev–Trinajstić information content (AvgIpc) is 2.73. The van der Waals surface area contributed by atoms with Gasteiger partial charge in [0, 0.05) is 29.1 Å². The van der Waals surface area contributed by atoms with Crippen LogP contribution in [0.4, 0.5) is 11.6 Å². The third-order valence-corrected chi connectivity index (χ3v) is 4.90. The molecule has 8 heteroatoms. The van der Waals surface area contributed by atoms with Crippen LogP contribution in [0.25, 0.3) is 22.2 Å². The van der Waals surface area contributed by atoms with Crippen molar-refractivity contribution in [3.05, 3.63) is 36.9 Å². The molecule has 4 heterocycles. The van der Waals surface area contributed by atoms with Crippen molar-refractivity contribution in [3.63, 3.8) is 0 Å². The Hall–Kier alpha value is -3.13. The van der Waals surface area contributed by atoms with Gasteiger partial charge in [-0.3, -0.25) is 14.8 Å². The van der Waals surface area contributed by atoms with E-state index in [-0.39, 0.29) is 17.9 Å². The summed E-state index contributed by atoms with van der Waals surface area (Å²) < 4.78 is 0. The molecular formula is C21H25N7O. The molecule has 3 N–H and O–H groups in total. The number of hydrogen-bond donors (Lipinski definition) is 3. The molecule has 1 amide bonds. The summed E-state index contributed by atoms with van der Waals surface area (Å²) in [5.74, 6) is 1.33. The topological polar surface area (TPSA) is 105 Å². The van der Waals surface area contributed by atoms with E-state index in [4.69, 9.17) is 0 Å². The summed E-state index contributed by atoms with van der Waals surface area (Å²) in [5.41, 5.74) is 2.36. The summed E-state index contributed by atoms with van der Waals surface area (Å²) in [5, 5.41) is 10.4. The molecule has 1 aliphatic rings. The highest BCUT2D eigenvalue weighted by Crippen LogP contribution is 2.23. The normalized spacial score (nSPS) is 14.9. The largest absolute Gasteiger partial charge is 0.367 e. The average molecular weight is 391 g/mol. The second-order valence-corrected chi connectivity index (χ2v) is 7.59. The van der Waals surface area contributed by atoms with Crippen LogP contribution < -0.4 is 16.0 Å². The first kappa shape index (κ1) is 19.2. The molecule has 3 aromatic heterocycles. The Labute approximate surface area is 169 Å². The van der Waals surface area contributed by atoms with Gasteiger partial charge in [-0.25, -0.2) is 9.97 Å². The first-order valence-electron chi connectivity index (χ1n) is 9.95. The molecule has 8 nitrogen and oxygen atoms in total. The number of nitrogens with zero attached hydrogens (tertiary/aromatic N) is 4. The number of carbonyl (C=O) groups is 1. The van der Waals surface area contributed by atoms with E-state index < -0.39 is 0 Å². The van der Waals surface area contributed by atoms with Crippen LogP contribution in [0.2, 0.25) is 0 Å². The van der Waals surface area contributed by atoms with Crippen LogP contribution in [-0.4, -0.2) is 45.0 Å². The van der Waals surface area contributed by atoms with Gasteiger partial charge in [0.15, 0.2) is 0 Å². The second-order valence-electron chi connectivity index (χ2n) is 7.59. The molecule has 0 aliphatic carbocycles. The lowest BCUT2D eigenvalue weighted by atomic mass is 9.97. The molecule has 0 radical (unpaired) electrons. The predicted molar refractivity (Wildman–Crippen MR) is 114 cm³/mol. The molecule has 1 fully saturated rings. The fraction of sp³-hybridized carbons (Fsp3) is 0.381. The molecule has 150 valence electrons. The Bertz CT molecular complexity index is 1010. The number of aromatic nitrogens is 4. The standard InChI is InChI=1S/C21H25N7O/c1-13(2)26-20-12-23-10-18(27-20)16-7-15-8-19(25-11-17(15)24-9-16)28-21(29)14-3-5-22-6-4-14/h7-14,22H,3-6H2,1-2H3,(H,26,27)(H,25,28,29). The quantitative estimate of drug-likeness (QED) is 0.614. The van der Waals surface area contributed by atoms with Gasteiger partial charge in [-0.1, -0.05) is 0 Å². The van der Waals surface area contributed by atoms with E-state index in [1.165, 1.54) is 0 Å². The van der Waals surface area contributed by atoms with Crippen LogP contribution in [0.15, 0.2) is 36.9 Å². The first-order chi connectivity index (χ1) is 14.1. The third-order valence-electron chi connectivity index (χ3n) is 4.90. The monoisotopic (exact) mass is 391 g/mol. The smallest absolute Gasteiger partial charge is 0.228 e. The number of rotatable bonds is 5. The zero-order valence-electron chi connectivity index (χ0n) is 16.6. The minimum atomic E-state index is 0.0285. The summed E-state index contributed by atoms with van der Waals surface area (Å²) in [6.45, 7) is 5.86. The van der Waals surface area contributed by atoms with Crippen molar-refractivity contribution >= 4 is 28.4 Å². The third kappa shape index (κ3) is 4.65. The Kier molecular flexibility index (Phi) is 5.62. The Morgan fingerprint density at radius 3 is 2.69 bits per heavy atom. The molecule has 0 bridgehead atoms. The number of fused-ring (bicyclic) bond motifs is 1. The van der Waals surface area contributed by atoms with Gasteiger partial charge >= 0.3 is 0 Å². The van der Waals surface area contributed by atoms with Crippen molar-refractivity contribution in [2.75, 3.05) is 23.7 Å². The van der Waals surface area contributed by atoms with Crippen molar-refractivity contribution in [3.8, 4) is 11.3 Å². The fourth-order valence-corrected chi connectivity index (χ4v) is 3.42. The number of hydrogen-bond acceptors (Lipinski definition) is 7. The molecule has 0 aromatic carbocycles. The highest BCUT2D eigenvalue weighted by molar-refractivity contribution is 5.94. The van der Waals surface area contributed by atoms with Crippen LogP contribution in [0.1, 0.15) is 26.7 Å². The van der Waals surface area contributed by atoms with Gasteiger partial charge in [0.2, 0.25) is 5.91 Å². The SMILES string of the molecule is CC(C)Nc1cncc(-c2cnc3cnc(NC(=O)C4CCNCC4)cc3c2)n1. The van der Waals surface area contributed by atoms with E-state index in [9.17, 15) is 4.79 Å². The predicted octanol–water partition coefficient (Wildman–Crippen LogP) is 2.85. The van der Waals surface area contributed by atoms with Crippen molar-refractivity contribution in [1.82, 2.24) is 25.3 Å². The molecule has 0 atom stereocenters. The van der Waals surface area contributed by atoms with Crippen LogP contribution in [-0.2, 0) is 4.79 Å². The van der Waals surface area contributed by atoms with E-state index in [0.717, 1.165) is 53.9 Å². The first-order valence-corrected chi connectivity index (χ1v) is 9.95. The van der Waals surface area contributed by atoms with Gasteiger partial charge < -0.3 is 16.0 Å². The minimum Gasteiger partial charge on any atom is -0.367 e. The molecule has 4 rings (SSSR count). The second kappa shape index (κ2) is 8.48. The number of carbonyl (C=O) groups excluding carboxylic acids is 1. The van der Waals surface area contributed by atoms with Crippen molar-refractivity contribution in [2.45, 2.75) is 32.7 Å². The van der Waals surface area contributed by atoms with Gasteiger partial charge in [0.05, 0.1) is 29.8 Å². The summed E-state index contributed by atoms with van der Waals surface area (Å²) in [6.07, 6.45) is 8.57. The summed E-state index contributed by atoms with van der Waals surface area (Å²) >= 11 is 0. The molecule has 29 heavy (non-hydrogen) atoms. The maximum Gasteiger partial charge on any atom is 0.228 e. The molecule has 3 aromatic rings. The molecule has 0 saturated carbocycles. The van der Waals surface area contributed by atoms with Gasteiger partial charge in [-0.2, -0.15) is 0 Å². The fourth-order valence-electron chi connectivity index (χ4n) is 3.42. The van der Waals surface area contributed by atoms with Crippen LogP contribution >= 0.6 is 0 Å². The Balaban J connectivity index is 1.57. The van der Waals surface area contributed by atoms with Crippen LogP contribution in [0.3, 0.4) is 0 Å². The van der Waals surface area contributed by atoms with E-state index in [1.54, 1.807) is 24.8 Å². The van der Waals surface area contributed by atoms with E-state index in [2.05, 4.69) is 49.7 Å². The van der Waals surface area contributed by atoms with E-state index >= 15 is 0 Å². The van der Waals surface area contributed by atoms with Gasteiger partial charge in [-0.15, -0.1) is 0 Å². The number of pyridine rings is 2. The van der Waals surface area contributed by atoms with Crippen molar-refractivity contribution < 1.29 is 4.79 Å².